The minimum atomic E-state index is 0.0298. The Bertz CT molecular complexity index is 256. The predicted octanol–water partition coefficient (Wildman–Crippen LogP) is 1.28. The van der Waals surface area contributed by atoms with Gasteiger partial charge in [-0.1, -0.05) is 13.3 Å². The highest BCUT2D eigenvalue weighted by molar-refractivity contribution is 5.93. The molecule has 0 atom stereocenters. The number of H-pyrrole nitrogens is 1. The molecule has 0 bridgehead atoms. The topological polar surface area (TPSA) is 49.0 Å². The summed E-state index contributed by atoms with van der Waals surface area (Å²) in [6.45, 7) is 2.91. The highest BCUT2D eigenvalue weighted by Gasteiger charge is 2.10. The second-order valence-electron chi connectivity index (χ2n) is 3.07. The highest BCUT2D eigenvalue weighted by Crippen LogP contribution is 2.01. The van der Waals surface area contributed by atoms with Gasteiger partial charge in [0.2, 0.25) is 0 Å². The maximum Gasteiger partial charge on any atom is 0.256 e. The lowest BCUT2D eigenvalue weighted by molar-refractivity contribution is 0.0793. The van der Waals surface area contributed by atoms with Crippen LogP contribution < -0.4 is 0 Å². The molecule has 0 aromatic carbocycles. The van der Waals surface area contributed by atoms with Crippen LogP contribution in [0.3, 0.4) is 0 Å². The Morgan fingerprint density at radius 2 is 2.46 bits per heavy atom. The molecule has 13 heavy (non-hydrogen) atoms. The number of aromatic amines is 1. The van der Waals surface area contributed by atoms with Gasteiger partial charge >= 0.3 is 0 Å². The van der Waals surface area contributed by atoms with Crippen LogP contribution in [0, 0.1) is 0 Å². The molecule has 1 amide bonds. The van der Waals surface area contributed by atoms with E-state index >= 15 is 0 Å². The van der Waals surface area contributed by atoms with E-state index in [4.69, 9.17) is 0 Å². The minimum Gasteiger partial charge on any atom is -0.342 e. The third-order valence-corrected chi connectivity index (χ3v) is 1.94. The minimum absolute atomic E-state index is 0.0298. The summed E-state index contributed by atoms with van der Waals surface area (Å²) in [6, 6.07) is 0. The number of carbonyl (C=O) groups excluding carboxylic acids is 1. The standard InChI is InChI=1S/C9H15N3O/c1-3-4-5-12(2)9(13)8-6-10-11-7-8/h6-7H,3-5H2,1-2H3,(H,10,11). The number of rotatable bonds is 4. The molecule has 0 unspecified atom stereocenters. The molecular formula is C9H15N3O. The molecule has 0 saturated heterocycles. The Kier molecular flexibility index (Phi) is 3.49. The third-order valence-electron chi connectivity index (χ3n) is 1.94. The fourth-order valence-electron chi connectivity index (χ4n) is 1.09. The van der Waals surface area contributed by atoms with Gasteiger partial charge in [0.1, 0.15) is 0 Å². The van der Waals surface area contributed by atoms with Gasteiger partial charge in [-0.3, -0.25) is 9.89 Å². The molecular weight excluding hydrogens is 166 g/mol. The first kappa shape index (κ1) is 9.77. The first-order valence-corrected chi connectivity index (χ1v) is 4.50. The molecule has 0 aliphatic rings. The van der Waals surface area contributed by atoms with Crippen molar-refractivity contribution >= 4 is 5.91 Å². The van der Waals surface area contributed by atoms with E-state index in [9.17, 15) is 4.79 Å². The molecule has 4 heteroatoms. The zero-order valence-electron chi connectivity index (χ0n) is 8.08. The Morgan fingerprint density at radius 1 is 1.69 bits per heavy atom. The second-order valence-corrected chi connectivity index (χ2v) is 3.07. The van der Waals surface area contributed by atoms with Gasteiger partial charge in [0.25, 0.3) is 5.91 Å². The normalized spacial score (nSPS) is 10.0. The zero-order chi connectivity index (χ0) is 9.68. The van der Waals surface area contributed by atoms with Crippen LogP contribution in [-0.4, -0.2) is 34.6 Å². The molecule has 0 aliphatic heterocycles. The number of hydrogen-bond acceptors (Lipinski definition) is 2. The van der Waals surface area contributed by atoms with Crippen molar-refractivity contribution in [2.45, 2.75) is 19.8 Å². The van der Waals surface area contributed by atoms with Crippen LogP contribution >= 0.6 is 0 Å². The van der Waals surface area contributed by atoms with Gasteiger partial charge in [-0.05, 0) is 6.42 Å². The molecule has 4 nitrogen and oxygen atoms in total. The monoisotopic (exact) mass is 181 g/mol. The van der Waals surface area contributed by atoms with E-state index in [-0.39, 0.29) is 5.91 Å². The van der Waals surface area contributed by atoms with Crippen LogP contribution in [0.2, 0.25) is 0 Å². The Balaban J connectivity index is 2.48. The van der Waals surface area contributed by atoms with E-state index in [1.54, 1.807) is 17.3 Å². The predicted molar refractivity (Wildman–Crippen MR) is 50.5 cm³/mol. The molecule has 0 radical (unpaired) electrons. The van der Waals surface area contributed by atoms with Crippen LogP contribution in [0.1, 0.15) is 30.1 Å². The fourth-order valence-corrected chi connectivity index (χ4v) is 1.09. The van der Waals surface area contributed by atoms with Crippen molar-refractivity contribution in [2.24, 2.45) is 0 Å². The lowest BCUT2D eigenvalue weighted by Gasteiger charge is -2.15. The lowest BCUT2D eigenvalue weighted by Crippen LogP contribution is -2.27. The highest BCUT2D eigenvalue weighted by atomic mass is 16.2. The van der Waals surface area contributed by atoms with Crippen LogP contribution in [-0.2, 0) is 0 Å². The van der Waals surface area contributed by atoms with E-state index in [1.165, 1.54) is 0 Å². The molecule has 0 aliphatic carbocycles. The van der Waals surface area contributed by atoms with Gasteiger partial charge in [-0.2, -0.15) is 5.10 Å². The van der Waals surface area contributed by atoms with Crippen molar-refractivity contribution in [2.75, 3.05) is 13.6 Å². The van der Waals surface area contributed by atoms with Crippen LogP contribution in [0.4, 0.5) is 0 Å². The molecule has 0 fully saturated rings. The Morgan fingerprint density at radius 3 is 3.00 bits per heavy atom. The zero-order valence-corrected chi connectivity index (χ0v) is 8.08. The summed E-state index contributed by atoms with van der Waals surface area (Å²) >= 11 is 0. The first-order valence-electron chi connectivity index (χ1n) is 4.50. The molecule has 0 saturated carbocycles. The van der Waals surface area contributed by atoms with Gasteiger partial charge in [0, 0.05) is 19.8 Å². The van der Waals surface area contributed by atoms with Crippen molar-refractivity contribution < 1.29 is 4.79 Å². The molecule has 1 aromatic rings. The van der Waals surface area contributed by atoms with Crippen molar-refractivity contribution in [3.63, 3.8) is 0 Å². The number of amides is 1. The Hall–Kier alpha value is -1.32. The van der Waals surface area contributed by atoms with Crippen molar-refractivity contribution in [1.82, 2.24) is 15.1 Å². The maximum atomic E-state index is 11.6. The quantitative estimate of drug-likeness (QED) is 0.760. The third kappa shape index (κ3) is 2.57. The van der Waals surface area contributed by atoms with E-state index in [1.807, 2.05) is 7.05 Å². The fraction of sp³-hybridized carbons (Fsp3) is 0.556. The van der Waals surface area contributed by atoms with Crippen molar-refractivity contribution in [3.8, 4) is 0 Å². The van der Waals surface area contributed by atoms with E-state index < -0.39 is 0 Å². The summed E-state index contributed by atoms with van der Waals surface area (Å²) in [5, 5.41) is 6.36. The summed E-state index contributed by atoms with van der Waals surface area (Å²) in [4.78, 5) is 13.3. The van der Waals surface area contributed by atoms with E-state index in [2.05, 4.69) is 17.1 Å². The van der Waals surface area contributed by atoms with Crippen LogP contribution in [0.25, 0.3) is 0 Å². The summed E-state index contributed by atoms with van der Waals surface area (Å²) in [7, 11) is 1.81. The molecule has 0 spiro atoms. The van der Waals surface area contributed by atoms with E-state index in [0.717, 1.165) is 19.4 Å². The summed E-state index contributed by atoms with van der Waals surface area (Å²) in [6.07, 6.45) is 5.30. The smallest absolute Gasteiger partial charge is 0.256 e. The first-order chi connectivity index (χ1) is 6.25. The number of aromatic nitrogens is 2. The molecule has 1 N–H and O–H groups in total. The molecule has 1 aromatic heterocycles. The Labute approximate surface area is 77.9 Å². The largest absolute Gasteiger partial charge is 0.342 e. The average Bonchev–Trinajstić information content (AvgIpc) is 2.65. The summed E-state index contributed by atoms with van der Waals surface area (Å²) < 4.78 is 0. The molecule has 72 valence electrons. The number of nitrogens with one attached hydrogen (secondary N) is 1. The van der Waals surface area contributed by atoms with Gasteiger partial charge < -0.3 is 4.90 Å². The van der Waals surface area contributed by atoms with E-state index in [0.29, 0.717) is 5.56 Å². The molecule has 1 rings (SSSR count). The maximum absolute atomic E-state index is 11.6. The van der Waals surface area contributed by atoms with Gasteiger partial charge in [-0.25, -0.2) is 0 Å². The summed E-state index contributed by atoms with van der Waals surface area (Å²) in [5.41, 5.74) is 0.624. The second kappa shape index (κ2) is 4.64. The number of nitrogens with zero attached hydrogens (tertiary/aromatic N) is 2. The van der Waals surface area contributed by atoms with Crippen LogP contribution in [0.5, 0.6) is 0 Å². The van der Waals surface area contributed by atoms with Gasteiger partial charge in [0.05, 0.1) is 11.8 Å². The van der Waals surface area contributed by atoms with Gasteiger partial charge in [-0.15, -0.1) is 0 Å². The van der Waals surface area contributed by atoms with Crippen molar-refractivity contribution in [1.29, 1.82) is 0 Å². The number of carbonyl (C=O) groups is 1. The summed E-state index contributed by atoms with van der Waals surface area (Å²) in [5.74, 6) is 0.0298. The van der Waals surface area contributed by atoms with Crippen LogP contribution in [0.15, 0.2) is 12.4 Å². The van der Waals surface area contributed by atoms with Gasteiger partial charge in [0.15, 0.2) is 0 Å². The van der Waals surface area contributed by atoms with Crippen molar-refractivity contribution in [3.05, 3.63) is 18.0 Å². The SMILES string of the molecule is CCCCN(C)C(=O)c1cn[nH]c1. The number of hydrogen-bond donors (Lipinski definition) is 1. The lowest BCUT2D eigenvalue weighted by atomic mass is 10.3. The average molecular weight is 181 g/mol. The molecule has 1 heterocycles. The number of unbranched alkanes of at least 4 members (excludes halogenated alkanes) is 1.